The number of nitrogens with zero attached hydrogens (tertiary/aromatic N) is 4. The first-order chi connectivity index (χ1) is 14.7. The Morgan fingerprint density at radius 3 is 2.63 bits per heavy atom. The summed E-state index contributed by atoms with van der Waals surface area (Å²) in [5.41, 5.74) is 1.71. The van der Waals surface area contributed by atoms with Crippen LogP contribution in [0.15, 0.2) is 48.5 Å². The van der Waals surface area contributed by atoms with Gasteiger partial charge < -0.3 is 9.64 Å². The third-order valence-corrected chi connectivity index (χ3v) is 6.54. The van der Waals surface area contributed by atoms with Gasteiger partial charge in [-0.3, -0.25) is 19.4 Å². The number of hydrogen-bond donors (Lipinski definition) is 0. The van der Waals surface area contributed by atoms with Gasteiger partial charge in [-0.25, -0.2) is 4.98 Å². The van der Waals surface area contributed by atoms with Gasteiger partial charge in [0.15, 0.2) is 6.61 Å². The highest BCUT2D eigenvalue weighted by atomic mass is 32.1. The standard InChI is InChI=1S/C22H22N4O3S/c27-21(14-26-17-6-2-3-7-18(17)29-15-22(26)28)25-11-9-24(10-12-25)13-20-23-16-5-1-4-8-19(16)30-20/h1-8H,9-15H2. The van der Waals surface area contributed by atoms with E-state index in [1.807, 2.05) is 47.4 Å². The van der Waals surface area contributed by atoms with Crippen LogP contribution in [0.2, 0.25) is 0 Å². The largest absolute Gasteiger partial charge is 0.482 e. The van der Waals surface area contributed by atoms with Crippen LogP contribution in [0.1, 0.15) is 5.01 Å². The van der Waals surface area contributed by atoms with Crippen LogP contribution in [0.5, 0.6) is 5.75 Å². The Morgan fingerprint density at radius 2 is 1.80 bits per heavy atom. The number of rotatable bonds is 4. The number of fused-ring (bicyclic) bond motifs is 2. The number of aromatic nitrogens is 1. The number of carbonyl (C=O) groups excluding carboxylic acids is 2. The van der Waals surface area contributed by atoms with Crippen LogP contribution in [-0.4, -0.2) is 65.9 Å². The van der Waals surface area contributed by atoms with E-state index in [1.165, 1.54) is 9.60 Å². The van der Waals surface area contributed by atoms with Crippen molar-refractivity contribution in [2.45, 2.75) is 6.54 Å². The van der Waals surface area contributed by atoms with Gasteiger partial charge in [0.25, 0.3) is 5.91 Å². The maximum absolute atomic E-state index is 12.9. The number of hydrogen-bond acceptors (Lipinski definition) is 6. The van der Waals surface area contributed by atoms with Gasteiger partial charge in [0.1, 0.15) is 17.3 Å². The average molecular weight is 423 g/mol. The summed E-state index contributed by atoms with van der Waals surface area (Å²) in [5, 5.41) is 1.10. The van der Waals surface area contributed by atoms with Crippen molar-refractivity contribution >= 4 is 39.1 Å². The Hall–Kier alpha value is -2.97. The number of amides is 2. The summed E-state index contributed by atoms with van der Waals surface area (Å²) in [4.78, 5) is 35.6. The lowest BCUT2D eigenvalue weighted by molar-refractivity contribution is -0.133. The van der Waals surface area contributed by atoms with E-state index < -0.39 is 0 Å². The van der Waals surface area contributed by atoms with Crippen LogP contribution < -0.4 is 9.64 Å². The highest BCUT2D eigenvalue weighted by Crippen LogP contribution is 2.31. The van der Waals surface area contributed by atoms with Crippen molar-refractivity contribution in [2.24, 2.45) is 0 Å². The van der Waals surface area contributed by atoms with Gasteiger partial charge in [0, 0.05) is 26.2 Å². The number of carbonyl (C=O) groups is 2. The maximum atomic E-state index is 12.9. The van der Waals surface area contributed by atoms with Crippen LogP contribution in [0.4, 0.5) is 5.69 Å². The number of para-hydroxylation sites is 3. The minimum Gasteiger partial charge on any atom is -0.482 e. The van der Waals surface area contributed by atoms with E-state index in [2.05, 4.69) is 11.0 Å². The number of benzene rings is 2. The van der Waals surface area contributed by atoms with Gasteiger partial charge in [-0.1, -0.05) is 24.3 Å². The molecule has 0 atom stereocenters. The zero-order valence-corrected chi connectivity index (χ0v) is 17.3. The lowest BCUT2D eigenvalue weighted by Crippen LogP contribution is -2.52. The van der Waals surface area contributed by atoms with E-state index in [-0.39, 0.29) is 25.0 Å². The molecule has 1 saturated heterocycles. The van der Waals surface area contributed by atoms with Crippen LogP contribution in [0, 0.1) is 0 Å². The lowest BCUT2D eigenvalue weighted by Gasteiger charge is -2.36. The Bertz CT molecular complexity index is 1060. The van der Waals surface area contributed by atoms with E-state index >= 15 is 0 Å². The first-order valence-corrected chi connectivity index (χ1v) is 10.9. The predicted octanol–water partition coefficient (Wildman–Crippen LogP) is 2.37. The molecular weight excluding hydrogens is 400 g/mol. The molecule has 0 saturated carbocycles. The summed E-state index contributed by atoms with van der Waals surface area (Å²) in [6.45, 7) is 3.74. The molecule has 154 valence electrons. The fourth-order valence-electron chi connectivity index (χ4n) is 3.90. The van der Waals surface area contributed by atoms with Crippen molar-refractivity contribution in [3.63, 3.8) is 0 Å². The summed E-state index contributed by atoms with van der Waals surface area (Å²) in [6.07, 6.45) is 0. The van der Waals surface area contributed by atoms with Crippen molar-refractivity contribution in [2.75, 3.05) is 44.2 Å². The molecule has 0 aliphatic carbocycles. The van der Waals surface area contributed by atoms with Crippen molar-refractivity contribution in [3.8, 4) is 5.75 Å². The fourth-order valence-corrected chi connectivity index (χ4v) is 4.91. The summed E-state index contributed by atoms with van der Waals surface area (Å²) >= 11 is 1.73. The van der Waals surface area contributed by atoms with E-state index in [1.54, 1.807) is 11.3 Å². The van der Waals surface area contributed by atoms with Crippen LogP contribution in [0.25, 0.3) is 10.2 Å². The van der Waals surface area contributed by atoms with Crippen molar-refractivity contribution < 1.29 is 14.3 Å². The summed E-state index contributed by atoms with van der Waals surface area (Å²) in [5.74, 6) is 0.432. The molecule has 0 bridgehead atoms. The normalized spacial score (nSPS) is 17.1. The minimum atomic E-state index is -0.184. The SMILES string of the molecule is O=C(CN1C(=O)COc2ccccc21)N1CCN(Cc2nc3ccccc3s2)CC1. The molecule has 0 unspecified atom stereocenters. The van der Waals surface area contributed by atoms with Crippen LogP contribution >= 0.6 is 11.3 Å². The molecule has 1 aromatic heterocycles. The molecule has 3 aromatic rings. The summed E-state index contributed by atoms with van der Waals surface area (Å²) < 4.78 is 6.66. The van der Waals surface area contributed by atoms with Crippen molar-refractivity contribution in [1.29, 1.82) is 0 Å². The van der Waals surface area contributed by atoms with Gasteiger partial charge in [0.05, 0.1) is 22.4 Å². The molecular formula is C22H22N4O3S. The molecule has 0 N–H and O–H groups in total. The number of ether oxygens (including phenoxy) is 1. The topological polar surface area (TPSA) is 66.0 Å². The predicted molar refractivity (Wildman–Crippen MR) is 116 cm³/mol. The zero-order valence-electron chi connectivity index (χ0n) is 16.5. The maximum Gasteiger partial charge on any atom is 0.265 e. The smallest absolute Gasteiger partial charge is 0.265 e. The van der Waals surface area contributed by atoms with Gasteiger partial charge in [-0.15, -0.1) is 11.3 Å². The molecule has 1 fully saturated rings. The van der Waals surface area contributed by atoms with Gasteiger partial charge in [0.2, 0.25) is 5.91 Å². The Balaban J connectivity index is 1.18. The first kappa shape index (κ1) is 19.0. The van der Waals surface area contributed by atoms with E-state index in [0.29, 0.717) is 24.5 Å². The monoisotopic (exact) mass is 422 g/mol. The second kappa shape index (κ2) is 8.04. The molecule has 2 aliphatic heterocycles. The van der Waals surface area contributed by atoms with Gasteiger partial charge in [-0.05, 0) is 24.3 Å². The van der Waals surface area contributed by atoms with Crippen molar-refractivity contribution in [3.05, 3.63) is 53.5 Å². The van der Waals surface area contributed by atoms with E-state index in [9.17, 15) is 9.59 Å². The Kier molecular flexibility index (Phi) is 5.10. The molecule has 8 heteroatoms. The molecule has 3 heterocycles. The minimum absolute atomic E-state index is 0.0275. The van der Waals surface area contributed by atoms with Crippen LogP contribution in [0.3, 0.4) is 0 Å². The molecule has 0 radical (unpaired) electrons. The Labute approximate surface area is 178 Å². The highest BCUT2D eigenvalue weighted by molar-refractivity contribution is 7.18. The van der Waals surface area contributed by atoms with Gasteiger partial charge in [-0.2, -0.15) is 0 Å². The summed E-state index contributed by atoms with van der Waals surface area (Å²) in [6, 6.07) is 15.5. The molecule has 2 amide bonds. The molecule has 0 spiro atoms. The average Bonchev–Trinajstić information content (AvgIpc) is 3.18. The second-order valence-electron chi connectivity index (χ2n) is 7.47. The molecule has 30 heavy (non-hydrogen) atoms. The zero-order chi connectivity index (χ0) is 20.5. The third kappa shape index (κ3) is 3.76. The Morgan fingerprint density at radius 1 is 1.03 bits per heavy atom. The molecule has 5 rings (SSSR count). The quantitative estimate of drug-likeness (QED) is 0.646. The second-order valence-corrected chi connectivity index (χ2v) is 8.58. The molecule has 2 aliphatic rings. The molecule has 2 aromatic carbocycles. The third-order valence-electron chi connectivity index (χ3n) is 5.52. The summed E-state index contributed by atoms with van der Waals surface area (Å²) in [7, 11) is 0. The van der Waals surface area contributed by atoms with Crippen molar-refractivity contribution in [1.82, 2.24) is 14.8 Å². The van der Waals surface area contributed by atoms with Crippen LogP contribution in [-0.2, 0) is 16.1 Å². The number of piperazine rings is 1. The van der Waals surface area contributed by atoms with E-state index in [0.717, 1.165) is 30.2 Å². The number of thiazole rings is 1. The van der Waals surface area contributed by atoms with Gasteiger partial charge >= 0.3 is 0 Å². The number of anilines is 1. The van der Waals surface area contributed by atoms with E-state index in [4.69, 9.17) is 9.72 Å². The lowest BCUT2D eigenvalue weighted by atomic mass is 10.2. The highest BCUT2D eigenvalue weighted by Gasteiger charge is 2.30. The molecule has 7 nitrogen and oxygen atoms in total. The fraction of sp³-hybridized carbons (Fsp3) is 0.318. The first-order valence-electron chi connectivity index (χ1n) is 10.0.